The molecular weight excluding hydrogens is 246 g/mol. The van der Waals surface area contributed by atoms with E-state index < -0.39 is 0 Å². The molecule has 1 atom stereocenters. The van der Waals surface area contributed by atoms with E-state index in [-0.39, 0.29) is 5.84 Å². The van der Waals surface area contributed by atoms with E-state index >= 15 is 0 Å². The Morgan fingerprint density at radius 1 is 1.50 bits per heavy atom. The highest BCUT2D eigenvalue weighted by Crippen LogP contribution is 2.18. The van der Waals surface area contributed by atoms with Gasteiger partial charge < -0.3 is 10.9 Å². The van der Waals surface area contributed by atoms with Crippen LogP contribution in [0.4, 0.5) is 0 Å². The third kappa shape index (κ3) is 3.17. The third-order valence-corrected chi connectivity index (χ3v) is 4.44. The van der Waals surface area contributed by atoms with E-state index in [0.717, 1.165) is 18.7 Å². The molecule has 1 fully saturated rings. The van der Waals surface area contributed by atoms with Gasteiger partial charge in [-0.3, -0.25) is 4.90 Å². The molecule has 1 unspecified atom stereocenters. The van der Waals surface area contributed by atoms with E-state index in [2.05, 4.69) is 17.0 Å². The van der Waals surface area contributed by atoms with E-state index in [0.29, 0.717) is 6.04 Å². The van der Waals surface area contributed by atoms with Gasteiger partial charge in [-0.25, -0.2) is 0 Å². The summed E-state index contributed by atoms with van der Waals surface area (Å²) in [5, 5.41) is 11.6. The molecule has 1 saturated heterocycles. The zero-order valence-electron chi connectivity index (χ0n) is 10.5. The monoisotopic (exact) mass is 265 g/mol. The molecule has 0 aromatic heterocycles. The summed E-state index contributed by atoms with van der Waals surface area (Å²) in [6.45, 7) is 4.39. The number of nitrogens with zero attached hydrogens (tertiary/aromatic N) is 2. The van der Waals surface area contributed by atoms with Crippen molar-refractivity contribution in [2.24, 2.45) is 10.9 Å². The molecule has 2 rings (SSSR count). The molecule has 0 amide bonds. The van der Waals surface area contributed by atoms with Crippen LogP contribution in [0.2, 0.25) is 0 Å². The van der Waals surface area contributed by atoms with Crippen LogP contribution >= 0.6 is 11.8 Å². The molecule has 98 valence electrons. The summed E-state index contributed by atoms with van der Waals surface area (Å²) in [7, 11) is 0. The first-order chi connectivity index (χ1) is 8.70. The summed E-state index contributed by atoms with van der Waals surface area (Å²) in [4.78, 5) is 2.50. The molecule has 5 heteroatoms. The van der Waals surface area contributed by atoms with Crippen LogP contribution in [0.1, 0.15) is 18.1 Å². The highest BCUT2D eigenvalue weighted by Gasteiger charge is 2.18. The van der Waals surface area contributed by atoms with Crippen molar-refractivity contribution in [1.29, 1.82) is 0 Å². The molecule has 0 aliphatic carbocycles. The first-order valence-electron chi connectivity index (χ1n) is 6.09. The lowest BCUT2D eigenvalue weighted by Gasteiger charge is -2.32. The summed E-state index contributed by atoms with van der Waals surface area (Å²) >= 11 is 2.02. The van der Waals surface area contributed by atoms with Gasteiger partial charge in [-0.2, -0.15) is 11.8 Å². The topological polar surface area (TPSA) is 61.8 Å². The Bertz CT molecular complexity index is 419. The van der Waals surface area contributed by atoms with Crippen LogP contribution in [-0.4, -0.2) is 40.0 Å². The molecule has 1 heterocycles. The highest BCUT2D eigenvalue weighted by molar-refractivity contribution is 7.99. The van der Waals surface area contributed by atoms with Crippen LogP contribution in [-0.2, 0) is 6.54 Å². The Hall–Kier alpha value is -1.20. The number of benzene rings is 1. The summed E-state index contributed by atoms with van der Waals surface area (Å²) in [6, 6.07) is 8.51. The first-order valence-corrected chi connectivity index (χ1v) is 7.25. The molecule has 18 heavy (non-hydrogen) atoms. The fourth-order valence-corrected chi connectivity index (χ4v) is 3.15. The molecule has 0 bridgehead atoms. The summed E-state index contributed by atoms with van der Waals surface area (Å²) < 4.78 is 0. The molecule has 4 nitrogen and oxygen atoms in total. The highest BCUT2D eigenvalue weighted by atomic mass is 32.2. The maximum Gasteiger partial charge on any atom is 0.170 e. The van der Waals surface area contributed by atoms with E-state index in [1.165, 1.54) is 17.1 Å². The summed E-state index contributed by atoms with van der Waals surface area (Å²) in [5.41, 5.74) is 7.56. The fraction of sp³-hybridized carbons (Fsp3) is 0.462. The van der Waals surface area contributed by atoms with Gasteiger partial charge in [0.1, 0.15) is 0 Å². The van der Waals surface area contributed by atoms with Gasteiger partial charge in [0.05, 0.1) is 0 Å². The Morgan fingerprint density at radius 3 is 2.83 bits per heavy atom. The van der Waals surface area contributed by atoms with Crippen molar-refractivity contribution in [3.63, 3.8) is 0 Å². The number of hydrogen-bond donors (Lipinski definition) is 2. The average Bonchev–Trinajstić information content (AvgIpc) is 2.41. The second-order valence-corrected chi connectivity index (χ2v) is 5.73. The van der Waals surface area contributed by atoms with Crippen molar-refractivity contribution in [2.75, 3.05) is 18.1 Å². The molecule has 0 saturated carbocycles. The normalized spacial score (nSPS) is 22.1. The molecule has 1 aromatic rings. The van der Waals surface area contributed by atoms with Crippen molar-refractivity contribution in [2.45, 2.75) is 19.5 Å². The van der Waals surface area contributed by atoms with Gasteiger partial charge in [0.15, 0.2) is 5.84 Å². The number of rotatable bonds is 3. The number of thioether (sulfide) groups is 1. The second-order valence-electron chi connectivity index (χ2n) is 4.58. The Balaban J connectivity index is 2.01. The van der Waals surface area contributed by atoms with Crippen LogP contribution in [0.3, 0.4) is 0 Å². The van der Waals surface area contributed by atoms with Gasteiger partial charge in [-0.05, 0) is 12.5 Å². The maximum atomic E-state index is 8.61. The van der Waals surface area contributed by atoms with Crippen LogP contribution in [0.5, 0.6) is 0 Å². The van der Waals surface area contributed by atoms with Crippen molar-refractivity contribution >= 4 is 17.6 Å². The Labute approximate surface area is 112 Å². The minimum absolute atomic E-state index is 0.157. The Kier molecular flexibility index (Phi) is 4.49. The lowest BCUT2D eigenvalue weighted by Crippen LogP contribution is -2.39. The minimum atomic E-state index is 0.157. The van der Waals surface area contributed by atoms with Crippen molar-refractivity contribution in [3.05, 3.63) is 35.4 Å². The van der Waals surface area contributed by atoms with E-state index in [9.17, 15) is 0 Å². The standard InChI is InChI=1S/C13H19N3OS/c1-10-9-18-7-6-16(10)8-11-2-4-12(5-3-11)13(14)15-17/h2-5,10,17H,6-9H2,1H3,(H2,14,15). The average molecular weight is 265 g/mol. The summed E-state index contributed by atoms with van der Waals surface area (Å²) in [6.07, 6.45) is 0. The number of nitrogens with two attached hydrogens (primary N) is 1. The largest absolute Gasteiger partial charge is 0.409 e. The van der Waals surface area contributed by atoms with Crippen LogP contribution < -0.4 is 5.73 Å². The maximum absolute atomic E-state index is 8.61. The quantitative estimate of drug-likeness (QED) is 0.378. The van der Waals surface area contributed by atoms with Gasteiger partial charge in [0.25, 0.3) is 0 Å². The molecule has 0 spiro atoms. The predicted molar refractivity (Wildman–Crippen MR) is 76.1 cm³/mol. The Morgan fingerprint density at radius 2 is 2.22 bits per heavy atom. The van der Waals surface area contributed by atoms with Crippen molar-refractivity contribution in [3.8, 4) is 0 Å². The SMILES string of the molecule is CC1CSCCN1Cc1ccc(C(N)=NO)cc1. The zero-order valence-corrected chi connectivity index (χ0v) is 11.4. The van der Waals surface area contributed by atoms with E-state index in [4.69, 9.17) is 10.9 Å². The molecule has 1 aromatic carbocycles. The van der Waals surface area contributed by atoms with Gasteiger partial charge in [-0.1, -0.05) is 29.4 Å². The number of hydrogen-bond acceptors (Lipinski definition) is 4. The third-order valence-electron chi connectivity index (χ3n) is 3.25. The van der Waals surface area contributed by atoms with Gasteiger partial charge in [-0.15, -0.1) is 0 Å². The van der Waals surface area contributed by atoms with Crippen LogP contribution in [0.15, 0.2) is 29.4 Å². The predicted octanol–water partition coefficient (Wildman–Crippen LogP) is 1.72. The minimum Gasteiger partial charge on any atom is -0.409 e. The molecular formula is C13H19N3OS. The van der Waals surface area contributed by atoms with Gasteiger partial charge >= 0.3 is 0 Å². The van der Waals surface area contributed by atoms with E-state index in [1.54, 1.807) is 0 Å². The fourth-order valence-electron chi connectivity index (χ4n) is 2.07. The number of amidine groups is 1. The molecule has 3 N–H and O–H groups in total. The van der Waals surface area contributed by atoms with Gasteiger partial charge in [0, 0.05) is 36.2 Å². The zero-order chi connectivity index (χ0) is 13.0. The van der Waals surface area contributed by atoms with Crippen molar-refractivity contribution in [1.82, 2.24) is 4.90 Å². The first kappa shape index (κ1) is 13.2. The molecule has 1 aliphatic heterocycles. The molecule has 0 radical (unpaired) electrons. The van der Waals surface area contributed by atoms with Gasteiger partial charge in [0.2, 0.25) is 0 Å². The lowest BCUT2D eigenvalue weighted by molar-refractivity contribution is 0.224. The van der Waals surface area contributed by atoms with Crippen LogP contribution in [0.25, 0.3) is 0 Å². The lowest BCUT2D eigenvalue weighted by atomic mass is 10.1. The van der Waals surface area contributed by atoms with Crippen LogP contribution in [0, 0.1) is 0 Å². The second kappa shape index (κ2) is 6.11. The smallest absolute Gasteiger partial charge is 0.170 e. The van der Waals surface area contributed by atoms with E-state index in [1.807, 2.05) is 36.0 Å². The molecule has 1 aliphatic rings. The summed E-state index contributed by atoms with van der Waals surface area (Å²) in [5.74, 6) is 2.58. The van der Waals surface area contributed by atoms with Crippen molar-refractivity contribution < 1.29 is 5.21 Å². The number of oxime groups is 1.